The summed E-state index contributed by atoms with van der Waals surface area (Å²) >= 11 is 0. The minimum absolute atomic E-state index is 0.335. The maximum absolute atomic E-state index is 9.14. The van der Waals surface area contributed by atoms with E-state index in [1.165, 1.54) is 0 Å². The summed E-state index contributed by atoms with van der Waals surface area (Å²) in [5.74, 6) is 1.37. The van der Waals surface area contributed by atoms with Crippen molar-refractivity contribution >= 4 is 11.4 Å². The Bertz CT molecular complexity index is 768. The molecule has 0 saturated heterocycles. The molecule has 4 heteroatoms. The first-order chi connectivity index (χ1) is 9.78. The highest BCUT2D eigenvalue weighted by Crippen LogP contribution is 2.47. The average molecular weight is 261 g/mol. The number of nitriles is 2. The lowest BCUT2D eigenvalue weighted by atomic mass is 10.1. The maximum atomic E-state index is 9.14. The van der Waals surface area contributed by atoms with Crippen LogP contribution < -0.4 is 9.64 Å². The van der Waals surface area contributed by atoms with E-state index in [0.29, 0.717) is 16.9 Å². The molecule has 0 aromatic heterocycles. The predicted octanol–water partition coefficient (Wildman–Crippen LogP) is 3.69. The monoisotopic (exact) mass is 261 g/mol. The molecule has 96 valence electrons. The summed E-state index contributed by atoms with van der Waals surface area (Å²) in [6.45, 7) is 2.79. The van der Waals surface area contributed by atoms with Crippen molar-refractivity contribution in [2.24, 2.45) is 0 Å². The third kappa shape index (κ3) is 1.67. The normalized spacial score (nSPS) is 11.7. The van der Waals surface area contributed by atoms with Crippen molar-refractivity contribution in [3.05, 3.63) is 47.5 Å². The van der Waals surface area contributed by atoms with Crippen LogP contribution in [-0.2, 0) is 0 Å². The number of ether oxygens (including phenoxy) is 1. The van der Waals surface area contributed by atoms with Crippen LogP contribution in [0.5, 0.6) is 11.5 Å². The molecule has 1 aliphatic rings. The van der Waals surface area contributed by atoms with Crippen LogP contribution in [0.25, 0.3) is 0 Å². The Labute approximate surface area is 117 Å². The molecule has 2 aromatic rings. The van der Waals surface area contributed by atoms with Gasteiger partial charge in [0.15, 0.2) is 11.5 Å². The topological polar surface area (TPSA) is 60.0 Å². The summed E-state index contributed by atoms with van der Waals surface area (Å²) in [4.78, 5) is 2.08. The van der Waals surface area contributed by atoms with Gasteiger partial charge >= 0.3 is 0 Å². The molecule has 2 aromatic carbocycles. The second-order valence-corrected chi connectivity index (χ2v) is 4.40. The lowest BCUT2D eigenvalue weighted by Gasteiger charge is -2.32. The molecule has 1 heterocycles. The summed E-state index contributed by atoms with van der Waals surface area (Å²) < 4.78 is 5.85. The lowest BCUT2D eigenvalue weighted by molar-refractivity contribution is 0.473. The second-order valence-electron chi connectivity index (χ2n) is 4.40. The Morgan fingerprint density at radius 2 is 1.70 bits per heavy atom. The second kappa shape index (κ2) is 4.60. The van der Waals surface area contributed by atoms with Crippen molar-refractivity contribution in [2.45, 2.75) is 6.92 Å². The minimum Gasteiger partial charge on any atom is -0.453 e. The van der Waals surface area contributed by atoms with Crippen molar-refractivity contribution in [3.8, 4) is 23.6 Å². The van der Waals surface area contributed by atoms with Crippen LogP contribution in [0.4, 0.5) is 11.4 Å². The van der Waals surface area contributed by atoms with Crippen molar-refractivity contribution in [2.75, 3.05) is 11.4 Å². The Morgan fingerprint density at radius 1 is 1.00 bits per heavy atom. The van der Waals surface area contributed by atoms with E-state index in [1.807, 2.05) is 37.3 Å². The molecular formula is C16H11N3O. The molecule has 0 amide bonds. The summed E-state index contributed by atoms with van der Waals surface area (Å²) in [7, 11) is 0. The van der Waals surface area contributed by atoms with Gasteiger partial charge in [0.25, 0.3) is 0 Å². The van der Waals surface area contributed by atoms with Crippen LogP contribution in [0.1, 0.15) is 18.1 Å². The van der Waals surface area contributed by atoms with Gasteiger partial charge in [-0.25, -0.2) is 0 Å². The number of fused-ring (bicyclic) bond motifs is 2. The number of hydrogen-bond acceptors (Lipinski definition) is 4. The van der Waals surface area contributed by atoms with Crippen LogP contribution in [0.15, 0.2) is 36.4 Å². The highest BCUT2D eigenvalue weighted by atomic mass is 16.5. The molecular weight excluding hydrogens is 250 g/mol. The zero-order valence-electron chi connectivity index (χ0n) is 10.9. The predicted molar refractivity (Wildman–Crippen MR) is 75.1 cm³/mol. The van der Waals surface area contributed by atoms with Crippen LogP contribution in [-0.4, -0.2) is 6.54 Å². The molecule has 4 nitrogen and oxygen atoms in total. The van der Waals surface area contributed by atoms with E-state index in [-0.39, 0.29) is 0 Å². The Hall–Kier alpha value is -2.98. The van der Waals surface area contributed by atoms with Gasteiger partial charge in [-0.05, 0) is 25.1 Å². The Morgan fingerprint density at radius 3 is 2.40 bits per heavy atom. The van der Waals surface area contributed by atoms with Crippen molar-refractivity contribution in [3.63, 3.8) is 0 Å². The Balaban J connectivity index is 2.23. The van der Waals surface area contributed by atoms with Gasteiger partial charge in [0.05, 0.1) is 22.5 Å². The lowest BCUT2D eigenvalue weighted by Crippen LogP contribution is -2.20. The summed E-state index contributed by atoms with van der Waals surface area (Å²) in [5, 5.41) is 18.2. The largest absolute Gasteiger partial charge is 0.453 e. The highest BCUT2D eigenvalue weighted by molar-refractivity contribution is 5.79. The third-order valence-electron chi connectivity index (χ3n) is 3.32. The van der Waals surface area contributed by atoms with Gasteiger partial charge in [0.2, 0.25) is 0 Å². The third-order valence-corrected chi connectivity index (χ3v) is 3.32. The van der Waals surface area contributed by atoms with Gasteiger partial charge in [0, 0.05) is 12.6 Å². The van der Waals surface area contributed by atoms with E-state index < -0.39 is 0 Å². The number of para-hydroxylation sites is 2. The van der Waals surface area contributed by atoms with Crippen LogP contribution in [0.2, 0.25) is 0 Å². The first-order valence-corrected chi connectivity index (χ1v) is 6.31. The van der Waals surface area contributed by atoms with Gasteiger partial charge in [-0.2, -0.15) is 10.5 Å². The fourth-order valence-corrected chi connectivity index (χ4v) is 2.40. The van der Waals surface area contributed by atoms with Crippen molar-refractivity contribution in [1.29, 1.82) is 10.5 Å². The van der Waals surface area contributed by atoms with E-state index in [4.69, 9.17) is 15.3 Å². The fraction of sp³-hybridized carbons (Fsp3) is 0.125. The van der Waals surface area contributed by atoms with Gasteiger partial charge in [-0.1, -0.05) is 12.1 Å². The average Bonchev–Trinajstić information content (AvgIpc) is 2.51. The van der Waals surface area contributed by atoms with Crippen LogP contribution in [0, 0.1) is 22.7 Å². The van der Waals surface area contributed by atoms with E-state index in [0.717, 1.165) is 23.7 Å². The number of nitrogens with zero attached hydrogens (tertiary/aromatic N) is 3. The van der Waals surface area contributed by atoms with Crippen molar-refractivity contribution < 1.29 is 4.74 Å². The van der Waals surface area contributed by atoms with Crippen LogP contribution >= 0.6 is 0 Å². The molecule has 0 N–H and O–H groups in total. The van der Waals surface area contributed by atoms with E-state index in [1.54, 1.807) is 12.1 Å². The van der Waals surface area contributed by atoms with Gasteiger partial charge in [-0.15, -0.1) is 0 Å². The van der Waals surface area contributed by atoms with E-state index >= 15 is 0 Å². The maximum Gasteiger partial charge on any atom is 0.152 e. The van der Waals surface area contributed by atoms with E-state index in [2.05, 4.69) is 11.0 Å². The molecule has 0 spiro atoms. The minimum atomic E-state index is 0.335. The molecule has 0 radical (unpaired) electrons. The highest BCUT2D eigenvalue weighted by Gasteiger charge is 2.24. The Kier molecular flexibility index (Phi) is 2.78. The van der Waals surface area contributed by atoms with Crippen LogP contribution in [0.3, 0.4) is 0 Å². The van der Waals surface area contributed by atoms with Gasteiger partial charge in [-0.3, -0.25) is 0 Å². The zero-order valence-corrected chi connectivity index (χ0v) is 10.9. The fourth-order valence-electron chi connectivity index (χ4n) is 2.40. The van der Waals surface area contributed by atoms with Gasteiger partial charge in [0.1, 0.15) is 12.1 Å². The molecule has 0 unspecified atom stereocenters. The summed E-state index contributed by atoms with van der Waals surface area (Å²) in [6, 6.07) is 15.2. The van der Waals surface area contributed by atoms with Gasteiger partial charge < -0.3 is 9.64 Å². The first kappa shape index (κ1) is 12.1. The SMILES string of the molecule is CCN1c2ccccc2Oc2cc(C#N)c(C#N)cc21. The molecule has 1 aliphatic heterocycles. The van der Waals surface area contributed by atoms with E-state index in [9.17, 15) is 0 Å². The molecule has 0 bridgehead atoms. The molecule has 0 fully saturated rings. The number of anilines is 2. The molecule has 0 atom stereocenters. The number of hydrogen-bond donors (Lipinski definition) is 0. The van der Waals surface area contributed by atoms with Crippen molar-refractivity contribution in [1.82, 2.24) is 0 Å². The molecule has 0 aliphatic carbocycles. The summed E-state index contributed by atoms with van der Waals surface area (Å²) in [6.07, 6.45) is 0. The number of rotatable bonds is 1. The molecule has 3 rings (SSSR count). The standard InChI is InChI=1S/C16H11N3O/c1-2-19-13-5-3-4-6-15(13)20-16-8-12(10-18)11(9-17)7-14(16)19/h3-8H,2H2,1H3. The summed E-state index contributed by atoms with van der Waals surface area (Å²) in [5.41, 5.74) is 2.49. The quantitative estimate of drug-likeness (QED) is 0.785. The molecule has 20 heavy (non-hydrogen) atoms. The molecule has 0 saturated carbocycles. The first-order valence-electron chi connectivity index (χ1n) is 6.31. The zero-order chi connectivity index (χ0) is 14.1. The smallest absolute Gasteiger partial charge is 0.152 e. The number of benzene rings is 2.